The lowest BCUT2D eigenvalue weighted by Crippen LogP contribution is -2.42. The van der Waals surface area contributed by atoms with Crippen LogP contribution in [-0.4, -0.2) is 35.4 Å². The van der Waals surface area contributed by atoms with Crippen molar-refractivity contribution in [3.63, 3.8) is 0 Å². The first-order valence-electron chi connectivity index (χ1n) is 5.18. The Hall–Kier alpha value is -0.580. The molecule has 4 heteroatoms. The number of nitrogens with zero attached hydrogens (tertiary/aromatic N) is 2. The Balaban J connectivity index is 1.82. The van der Waals surface area contributed by atoms with Crippen LogP contribution in [0, 0.1) is 0 Å². The van der Waals surface area contributed by atoms with E-state index in [4.69, 9.17) is 0 Å². The van der Waals surface area contributed by atoms with Gasteiger partial charge in [-0.15, -0.1) is 3.89 Å². The van der Waals surface area contributed by atoms with E-state index in [2.05, 4.69) is 29.2 Å². The highest BCUT2D eigenvalue weighted by Crippen LogP contribution is 2.15. The molecule has 0 unspecified atom stereocenters. The highest BCUT2D eigenvalue weighted by Gasteiger charge is 2.17. The number of hydrogen-bond acceptors (Lipinski definition) is 3. The summed E-state index contributed by atoms with van der Waals surface area (Å²) in [6.07, 6.45) is 0. The summed E-state index contributed by atoms with van der Waals surface area (Å²) in [6, 6.07) is 10.4. The minimum atomic E-state index is 0.361. The fourth-order valence-corrected chi connectivity index (χ4v) is 2.10. The van der Waals surface area contributed by atoms with Gasteiger partial charge in [0.15, 0.2) is 0 Å². The molecule has 0 N–H and O–H groups in total. The zero-order valence-electron chi connectivity index (χ0n) is 8.60. The molecule has 1 fully saturated rings. The lowest BCUT2D eigenvalue weighted by molar-refractivity contribution is 0.187. The Kier molecular flexibility index (Phi) is 4.00. The minimum Gasteiger partial charge on any atom is -0.296 e. The molecule has 1 aromatic carbocycles. The Bertz CT molecular complexity index is 286. The van der Waals surface area contributed by atoms with Gasteiger partial charge in [0.2, 0.25) is 0 Å². The van der Waals surface area contributed by atoms with Crippen molar-refractivity contribution < 1.29 is 3.89 Å². The van der Waals surface area contributed by atoms with Crippen LogP contribution in [-0.2, 0) is 6.54 Å². The van der Waals surface area contributed by atoms with Gasteiger partial charge in [-0.2, -0.15) is 0 Å². The van der Waals surface area contributed by atoms with Crippen LogP contribution in [0.4, 0.5) is 3.89 Å². The van der Waals surface area contributed by atoms with Gasteiger partial charge in [-0.25, -0.2) is 4.31 Å². The van der Waals surface area contributed by atoms with Crippen molar-refractivity contribution in [2.45, 2.75) is 6.54 Å². The van der Waals surface area contributed by atoms with Crippen molar-refractivity contribution in [2.75, 3.05) is 26.2 Å². The van der Waals surface area contributed by atoms with Crippen molar-refractivity contribution >= 4 is 12.3 Å². The van der Waals surface area contributed by atoms with E-state index < -0.39 is 0 Å². The average molecular weight is 226 g/mol. The van der Waals surface area contributed by atoms with Gasteiger partial charge < -0.3 is 0 Å². The number of hydrogen-bond donors (Lipinski definition) is 0. The van der Waals surface area contributed by atoms with Crippen LogP contribution in [0.1, 0.15) is 5.56 Å². The average Bonchev–Trinajstić information content (AvgIpc) is 2.31. The molecule has 0 radical (unpaired) electrons. The molecule has 2 nitrogen and oxygen atoms in total. The Morgan fingerprint density at radius 1 is 1.07 bits per heavy atom. The second-order valence-electron chi connectivity index (χ2n) is 3.76. The van der Waals surface area contributed by atoms with Crippen molar-refractivity contribution in [3.8, 4) is 0 Å². The SMILES string of the molecule is FSN1CCN(Cc2ccccc2)CC1. The van der Waals surface area contributed by atoms with Crippen LogP contribution in [0.25, 0.3) is 0 Å². The number of rotatable bonds is 3. The summed E-state index contributed by atoms with van der Waals surface area (Å²) in [6.45, 7) is 4.51. The topological polar surface area (TPSA) is 6.48 Å². The van der Waals surface area contributed by atoms with E-state index in [1.165, 1.54) is 5.56 Å². The van der Waals surface area contributed by atoms with E-state index in [0.29, 0.717) is 12.3 Å². The second-order valence-corrected chi connectivity index (χ2v) is 4.41. The van der Waals surface area contributed by atoms with Gasteiger partial charge in [-0.05, 0) is 5.56 Å². The van der Waals surface area contributed by atoms with Crippen molar-refractivity contribution in [1.29, 1.82) is 0 Å². The molecule has 15 heavy (non-hydrogen) atoms. The standard InChI is InChI=1S/C11H15FN2S/c12-15-14-8-6-13(7-9-14)10-11-4-2-1-3-5-11/h1-5H,6-10H2. The molecule has 0 aliphatic carbocycles. The Morgan fingerprint density at radius 3 is 2.33 bits per heavy atom. The first-order chi connectivity index (χ1) is 7.38. The summed E-state index contributed by atoms with van der Waals surface area (Å²) in [5.74, 6) is 0. The zero-order valence-corrected chi connectivity index (χ0v) is 9.42. The van der Waals surface area contributed by atoms with Crippen LogP contribution >= 0.6 is 12.3 Å². The maximum Gasteiger partial charge on any atom is 0.134 e. The van der Waals surface area contributed by atoms with E-state index in [9.17, 15) is 3.89 Å². The Labute approximate surface area is 94.5 Å². The first kappa shape index (κ1) is 10.9. The molecule has 0 amide bonds. The Morgan fingerprint density at radius 2 is 1.73 bits per heavy atom. The van der Waals surface area contributed by atoms with Gasteiger partial charge in [-0.3, -0.25) is 4.90 Å². The van der Waals surface area contributed by atoms with E-state index >= 15 is 0 Å². The highest BCUT2D eigenvalue weighted by molar-refractivity contribution is 7.91. The molecule has 1 aliphatic rings. The number of halogens is 1. The van der Waals surface area contributed by atoms with Gasteiger partial charge in [0, 0.05) is 32.7 Å². The molecule has 1 aromatic rings. The van der Waals surface area contributed by atoms with Crippen molar-refractivity contribution in [1.82, 2.24) is 9.21 Å². The van der Waals surface area contributed by atoms with Crippen molar-refractivity contribution in [2.24, 2.45) is 0 Å². The van der Waals surface area contributed by atoms with E-state index in [1.54, 1.807) is 4.31 Å². The molecule has 0 saturated carbocycles. The quantitative estimate of drug-likeness (QED) is 0.730. The van der Waals surface area contributed by atoms with Gasteiger partial charge in [0.05, 0.1) is 0 Å². The third-order valence-corrected chi connectivity index (χ3v) is 3.24. The smallest absolute Gasteiger partial charge is 0.134 e. The first-order valence-corrected chi connectivity index (χ1v) is 5.86. The molecular formula is C11H15FN2S. The molecule has 1 saturated heterocycles. The molecule has 1 aliphatic heterocycles. The molecule has 0 bridgehead atoms. The van der Waals surface area contributed by atoms with E-state index in [1.807, 2.05) is 6.07 Å². The predicted octanol–water partition coefficient (Wildman–Crippen LogP) is 2.34. The van der Waals surface area contributed by atoms with Crippen LogP contribution in [0.15, 0.2) is 30.3 Å². The van der Waals surface area contributed by atoms with Gasteiger partial charge in [0.25, 0.3) is 0 Å². The van der Waals surface area contributed by atoms with Gasteiger partial charge in [-0.1, -0.05) is 30.3 Å². The predicted molar refractivity (Wildman–Crippen MR) is 62.0 cm³/mol. The molecule has 1 heterocycles. The molecular weight excluding hydrogens is 211 g/mol. The summed E-state index contributed by atoms with van der Waals surface area (Å²) in [5, 5.41) is 0. The van der Waals surface area contributed by atoms with Crippen LogP contribution < -0.4 is 0 Å². The molecule has 0 aromatic heterocycles. The number of benzene rings is 1. The lowest BCUT2D eigenvalue weighted by atomic mass is 10.2. The van der Waals surface area contributed by atoms with Gasteiger partial charge >= 0.3 is 0 Å². The molecule has 2 rings (SSSR count). The summed E-state index contributed by atoms with van der Waals surface area (Å²) < 4.78 is 14.0. The zero-order chi connectivity index (χ0) is 10.5. The largest absolute Gasteiger partial charge is 0.296 e. The molecule has 0 spiro atoms. The summed E-state index contributed by atoms with van der Waals surface area (Å²) in [7, 11) is 0. The van der Waals surface area contributed by atoms with Gasteiger partial charge in [0.1, 0.15) is 12.3 Å². The summed E-state index contributed by atoms with van der Waals surface area (Å²) in [4.78, 5) is 2.36. The fourth-order valence-electron chi connectivity index (χ4n) is 1.80. The molecule has 0 atom stereocenters. The highest BCUT2D eigenvalue weighted by atomic mass is 32.2. The minimum absolute atomic E-state index is 0.361. The number of piperazine rings is 1. The third-order valence-electron chi connectivity index (χ3n) is 2.68. The summed E-state index contributed by atoms with van der Waals surface area (Å²) in [5.41, 5.74) is 1.33. The fraction of sp³-hybridized carbons (Fsp3) is 0.455. The summed E-state index contributed by atoms with van der Waals surface area (Å²) >= 11 is 0.361. The third kappa shape index (κ3) is 3.19. The van der Waals surface area contributed by atoms with E-state index in [0.717, 1.165) is 32.7 Å². The maximum absolute atomic E-state index is 12.3. The van der Waals surface area contributed by atoms with Crippen LogP contribution in [0.2, 0.25) is 0 Å². The normalized spacial score (nSPS) is 19.3. The maximum atomic E-state index is 12.3. The van der Waals surface area contributed by atoms with Crippen molar-refractivity contribution in [3.05, 3.63) is 35.9 Å². The van der Waals surface area contributed by atoms with E-state index in [-0.39, 0.29) is 0 Å². The lowest BCUT2D eigenvalue weighted by Gasteiger charge is -2.31. The molecule has 82 valence electrons. The van der Waals surface area contributed by atoms with Crippen LogP contribution in [0.3, 0.4) is 0 Å². The van der Waals surface area contributed by atoms with Crippen LogP contribution in [0.5, 0.6) is 0 Å². The monoisotopic (exact) mass is 226 g/mol. The second kappa shape index (κ2) is 5.49.